The Bertz CT molecular complexity index is 945. The minimum absolute atomic E-state index is 0.370. The van der Waals surface area contributed by atoms with Gasteiger partial charge in [-0.05, 0) is 54.4 Å². The van der Waals surface area contributed by atoms with Gasteiger partial charge in [-0.25, -0.2) is 0 Å². The summed E-state index contributed by atoms with van der Waals surface area (Å²) in [5.41, 5.74) is 3.20. The van der Waals surface area contributed by atoms with Crippen LogP contribution in [-0.4, -0.2) is 13.7 Å². The second-order valence-corrected chi connectivity index (χ2v) is 7.79. The Balaban J connectivity index is 1.62. The van der Waals surface area contributed by atoms with Gasteiger partial charge in [-0.15, -0.1) is 0 Å². The lowest BCUT2D eigenvalue weighted by Gasteiger charge is -2.16. The molecule has 0 fully saturated rings. The molecule has 0 saturated heterocycles. The van der Waals surface area contributed by atoms with Crippen LogP contribution < -0.4 is 14.8 Å². The molecule has 0 amide bonds. The van der Waals surface area contributed by atoms with E-state index in [0.29, 0.717) is 28.9 Å². The molecule has 3 aromatic carbocycles. The maximum Gasteiger partial charge on any atom is 0.166 e. The van der Waals surface area contributed by atoms with Gasteiger partial charge in [0.15, 0.2) is 11.5 Å². The summed E-state index contributed by atoms with van der Waals surface area (Å²) in [5.74, 6) is 1.42. The van der Waals surface area contributed by atoms with Crippen LogP contribution in [0.4, 0.5) is 0 Å². The molecule has 0 heterocycles. The smallest absolute Gasteiger partial charge is 0.166 e. The van der Waals surface area contributed by atoms with Gasteiger partial charge >= 0.3 is 0 Å². The number of para-hydroxylation sites is 1. The number of hydrogen-bond donors (Lipinski definition) is 1. The molecule has 6 heteroatoms. The molecule has 0 spiro atoms. The zero-order valence-corrected chi connectivity index (χ0v) is 18.3. The molecule has 3 aromatic rings. The van der Waals surface area contributed by atoms with Crippen LogP contribution in [0, 0.1) is 0 Å². The maximum atomic E-state index is 6.10. The standard InChI is InChI=1S/C23H22Cl3NO2/c1-28-22-4-2-3-18(14-27-12-11-16-5-8-19(24)9-6-16)23(22)29-15-17-7-10-20(25)21(26)13-17/h2-10,13,27H,11-12,14-15H2,1H3. The molecule has 0 aliphatic heterocycles. The summed E-state index contributed by atoms with van der Waals surface area (Å²) in [6, 6.07) is 19.3. The zero-order valence-electron chi connectivity index (χ0n) is 16.1. The van der Waals surface area contributed by atoms with E-state index in [1.807, 2.05) is 54.6 Å². The lowest BCUT2D eigenvalue weighted by Crippen LogP contribution is -2.17. The van der Waals surface area contributed by atoms with Crippen molar-refractivity contribution in [2.45, 2.75) is 19.6 Å². The van der Waals surface area contributed by atoms with Gasteiger partial charge in [0.05, 0.1) is 17.2 Å². The highest BCUT2D eigenvalue weighted by atomic mass is 35.5. The van der Waals surface area contributed by atoms with Crippen LogP contribution in [0.3, 0.4) is 0 Å². The number of halogens is 3. The van der Waals surface area contributed by atoms with Gasteiger partial charge in [0, 0.05) is 17.1 Å². The fourth-order valence-corrected chi connectivity index (χ4v) is 3.36. The third-order valence-electron chi connectivity index (χ3n) is 4.47. The van der Waals surface area contributed by atoms with Crippen LogP contribution in [-0.2, 0) is 19.6 Å². The van der Waals surface area contributed by atoms with E-state index in [-0.39, 0.29) is 0 Å². The molecule has 0 aliphatic carbocycles. The average molecular weight is 451 g/mol. The van der Waals surface area contributed by atoms with Gasteiger partial charge in [-0.3, -0.25) is 0 Å². The molecule has 0 bridgehead atoms. The lowest BCUT2D eigenvalue weighted by molar-refractivity contribution is 0.280. The topological polar surface area (TPSA) is 30.5 Å². The summed E-state index contributed by atoms with van der Waals surface area (Å²) >= 11 is 18.0. The molecule has 3 nitrogen and oxygen atoms in total. The van der Waals surface area contributed by atoms with Gasteiger partial charge in [0.25, 0.3) is 0 Å². The van der Waals surface area contributed by atoms with Gasteiger partial charge in [-0.1, -0.05) is 65.1 Å². The van der Waals surface area contributed by atoms with E-state index in [2.05, 4.69) is 5.32 Å². The Morgan fingerprint density at radius 2 is 1.62 bits per heavy atom. The number of hydrogen-bond acceptors (Lipinski definition) is 3. The van der Waals surface area contributed by atoms with Gasteiger partial charge in [-0.2, -0.15) is 0 Å². The van der Waals surface area contributed by atoms with Crippen LogP contribution in [0.5, 0.6) is 11.5 Å². The number of methoxy groups -OCH3 is 1. The first-order chi connectivity index (χ1) is 14.1. The molecule has 0 radical (unpaired) electrons. The number of ether oxygens (including phenoxy) is 2. The highest BCUT2D eigenvalue weighted by molar-refractivity contribution is 6.42. The molecule has 0 aromatic heterocycles. The number of benzene rings is 3. The fraction of sp³-hybridized carbons (Fsp3) is 0.217. The van der Waals surface area contributed by atoms with Crippen LogP contribution in [0.2, 0.25) is 15.1 Å². The monoisotopic (exact) mass is 449 g/mol. The second-order valence-electron chi connectivity index (χ2n) is 6.54. The fourth-order valence-electron chi connectivity index (χ4n) is 2.92. The van der Waals surface area contributed by atoms with Gasteiger partial charge in [0.1, 0.15) is 6.61 Å². The zero-order chi connectivity index (χ0) is 20.6. The number of rotatable bonds is 9. The summed E-state index contributed by atoms with van der Waals surface area (Å²) in [5, 5.41) is 5.25. The Morgan fingerprint density at radius 3 is 2.34 bits per heavy atom. The SMILES string of the molecule is COc1cccc(CNCCc2ccc(Cl)cc2)c1OCc1ccc(Cl)c(Cl)c1. The van der Waals surface area contributed by atoms with E-state index in [9.17, 15) is 0 Å². The summed E-state index contributed by atoms with van der Waals surface area (Å²) in [6.07, 6.45) is 0.917. The Hall–Kier alpha value is -1.91. The van der Waals surface area contributed by atoms with Crippen LogP contribution in [0.1, 0.15) is 16.7 Å². The summed E-state index contributed by atoms with van der Waals surface area (Å²) in [6.45, 7) is 1.88. The van der Waals surface area contributed by atoms with Crippen molar-refractivity contribution in [1.29, 1.82) is 0 Å². The van der Waals surface area contributed by atoms with Crippen LogP contribution >= 0.6 is 34.8 Å². The molecule has 0 saturated carbocycles. The summed E-state index contributed by atoms with van der Waals surface area (Å²) in [4.78, 5) is 0. The average Bonchev–Trinajstić information content (AvgIpc) is 2.73. The molecule has 0 unspecified atom stereocenters. The van der Waals surface area contributed by atoms with Crippen molar-refractivity contribution in [3.05, 3.63) is 92.4 Å². The molecule has 29 heavy (non-hydrogen) atoms. The molecule has 3 rings (SSSR count). The quantitative estimate of drug-likeness (QED) is 0.374. The van der Waals surface area contributed by atoms with E-state index in [0.717, 1.165) is 34.9 Å². The highest BCUT2D eigenvalue weighted by Crippen LogP contribution is 2.32. The predicted octanol–water partition coefficient (Wildman–Crippen LogP) is 6.57. The molecule has 152 valence electrons. The highest BCUT2D eigenvalue weighted by Gasteiger charge is 2.11. The molecular weight excluding hydrogens is 429 g/mol. The Morgan fingerprint density at radius 1 is 0.862 bits per heavy atom. The van der Waals surface area contributed by atoms with Crippen molar-refractivity contribution in [1.82, 2.24) is 5.32 Å². The summed E-state index contributed by atoms with van der Waals surface area (Å²) in [7, 11) is 1.64. The van der Waals surface area contributed by atoms with Crippen molar-refractivity contribution in [2.24, 2.45) is 0 Å². The second kappa shape index (κ2) is 10.7. The molecular formula is C23H22Cl3NO2. The first-order valence-electron chi connectivity index (χ1n) is 9.24. The van der Waals surface area contributed by atoms with Gasteiger partial charge in [0.2, 0.25) is 0 Å². The van der Waals surface area contributed by atoms with Crippen molar-refractivity contribution in [3.63, 3.8) is 0 Å². The van der Waals surface area contributed by atoms with Gasteiger partial charge < -0.3 is 14.8 Å². The molecule has 1 N–H and O–H groups in total. The Labute approximate surface area is 186 Å². The third kappa shape index (κ3) is 6.28. The molecule has 0 aliphatic rings. The largest absolute Gasteiger partial charge is 0.493 e. The first kappa shape index (κ1) is 21.8. The predicted molar refractivity (Wildman–Crippen MR) is 121 cm³/mol. The van der Waals surface area contributed by atoms with Crippen molar-refractivity contribution in [2.75, 3.05) is 13.7 Å². The number of nitrogens with one attached hydrogen (secondary N) is 1. The lowest BCUT2D eigenvalue weighted by atomic mass is 10.1. The van der Waals surface area contributed by atoms with E-state index in [4.69, 9.17) is 44.3 Å². The first-order valence-corrected chi connectivity index (χ1v) is 10.4. The third-order valence-corrected chi connectivity index (χ3v) is 5.46. The minimum atomic E-state index is 0.370. The normalized spacial score (nSPS) is 10.8. The van der Waals surface area contributed by atoms with Crippen LogP contribution in [0.25, 0.3) is 0 Å². The van der Waals surface area contributed by atoms with Crippen molar-refractivity contribution < 1.29 is 9.47 Å². The Kier molecular flexibility index (Phi) is 8.08. The summed E-state index contributed by atoms with van der Waals surface area (Å²) < 4.78 is 11.6. The van der Waals surface area contributed by atoms with Crippen molar-refractivity contribution in [3.8, 4) is 11.5 Å². The maximum absolute atomic E-state index is 6.10. The van der Waals surface area contributed by atoms with Crippen molar-refractivity contribution >= 4 is 34.8 Å². The molecule has 0 atom stereocenters. The van der Waals surface area contributed by atoms with E-state index < -0.39 is 0 Å². The van der Waals surface area contributed by atoms with E-state index >= 15 is 0 Å². The van der Waals surface area contributed by atoms with E-state index in [1.165, 1.54) is 5.56 Å². The minimum Gasteiger partial charge on any atom is -0.493 e. The van der Waals surface area contributed by atoms with E-state index in [1.54, 1.807) is 13.2 Å². The van der Waals surface area contributed by atoms with Crippen LogP contribution in [0.15, 0.2) is 60.7 Å².